The summed E-state index contributed by atoms with van der Waals surface area (Å²) in [7, 11) is 1.89. The van der Waals surface area contributed by atoms with E-state index >= 15 is 0 Å². The maximum Gasteiger partial charge on any atom is 0.237 e. The van der Waals surface area contributed by atoms with Gasteiger partial charge in [0.2, 0.25) is 5.91 Å². The first-order chi connectivity index (χ1) is 12.5. The van der Waals surface area contributed by atoms with E-state index in [4.69, 9.17) is 0 Å². The first-order valence-electron chi connectivity index (χ1n) is 8.18. The molecular formula is C19H19FN4OS. The summed E-state index contributed by atoms with van der Waals surface area (Å²) in [6.07, 6.45) is 0.682. The molecule has 2 aromatic carbocycles. The fraction of sp³-hybridized carbons (Fsp3) is 0.211. The molecule has 0 saturated heterocycles. The van der Waals surface area contributed by atoms with Crippen LogP contribution in [0.1, 0.15) is 18.3 Å². The standard InChI is InChI=1S/C19H19FN4OS/c1-13(18(25)21-16-10-8-15(20)9-11-16)26-19-23-22-17(24(19)2)12-14-6-4-3-5-7-14/h3-11,13H,12H2,1-2H3,(H,21,25)/t13-/m1/s1. The highest BCUT2D eigenvalue weighted by Crippen LogP contribution is 2.23. The lowest BCUT2D eigenvalue weighted by atomic mass is 10.1. The number of amides is 1. The number of nitrogens with one attached hydrogen (secondary N) is 1. The summed E-state index contributed by atoms with van der Waals surface area (Å²) in [6.45, 7) is 1.80. The average molecular weight is 370 g/mol. The summed E-state index contributed by atoms with van der Waals surface area (Å²) < 4.78 is 14.8. The van der Waals surface area contributed by atoms with Gasteiger partial charge in [-0.2, -0.15) is 0 Å². The van der Waals surface area contributed by atoms with E-state index in [2.05, 4.69) is 15.5 Å². The highest BCUT2D eigenvalue weighted by Gasteiger charge is 2.19. The van der Waals surface area contributed by atoms with Crippen molar-refractivity contribution >= 4 is 23.4 Å². The topological polar surface area (TPSA) is 59.8 Å². The van der Waals surface area contributed by atoms with Gasteiger partial charge in [-0.3, -0.25) is 4.79 Å². The maximum atomic E-state index is 12.9. The van der Waals surface area contributed by atoms with Crippen LogP contribution in [0.5, 0.6) is 0 Å². The van der Waals surface area contributed by atoms with Crippen LogP contribution in [0.15, 0.2) is 59.8 Å². The highest BCUT2D eigenvalue weighted by atomic mass is 32.2. The summed E-state index contributed by atoms with van der Waals surface area (Å²) in [4.78, 5) is 12.3. The fourth-order valence-corrected chi connectivity index (χ4v) is 3.20. The van der Waals surface area contributed by atoms with Gasteiger partial charge in [-0.15, -0.1) is 10.2 Å². The molecule has 3 rings (SSSR count). The third-order valence-corrected chi connectivity index (χ3v) is 5.03. The molecule has 0 bridgehead atoms. The quantitative estimate of drug-likeness (QED) is 0.673. The summed E-state index contributed by atoms with van der Waals surface area (Å²) >= 11 is 1.34. The minimum atomic E-state index is -0.368. The number of carbonyl (C=O) groups excluding carboxylic acids is 1. The Morgan fingerprint density at radius 3 is 2.54 bits per heavy atom. The highest BCUT2D eigenvalue weighted by molar-refractivity contribution is 8.00. The second-order valence-electron chi connectivity index (χ2n) is 5.88. The van der Waals surface area contributed by atoms with Crippen LogP contribution in [-0.4, -0.2) is 25.9 Å². The number of anilines is 1. The second kappa shape index (κ2) is 8.14. The molecule has 0 aliphatic carbocycles. The Balaban J connectivity index is 1.63. The third-order valence-electron chi connectivity index (χ3n) is 3.89. The molecule has 1 aromatic heterocycles. The van der Waals surface area contributed by atoms with Crippen molar-refractivity contribution in [3.05, 3.63) is 71.8 Å². The number of nitrogens with zero attached hydrogens (tertiary/aromatic N) is 3. The fourth-order valence-electron chi connectivity index (χ4n) is 2.37. The molecule has 1 amide bonds. The maximum absolute atomic E-state index is 12.9. The summed E-state index contributed by atoms with van der Waals surface area (Å²) in [5.74, 6) is 0.328. The lowest BCUT2D eigenvalue weighted by Crippen LogP contribution is -2.22. The number of halogens is 1. The number of benzene rings is 2. The van der Waals surface area contributed by atoms with Crippen molar-refractivity contribution < 1.29 is 9.18 Å². The Labute approximate surface area is 155 Å². The van der Waals surface area contributed by atoms with Crippen molar-refractivity contribution in [1.29, 1.82) is 0 Å². The number of aromatic nitrogens is 3. The summed E-state index contributed by atoms with van der Waals surface area (Å²) in [6, 6.07) is 15.7. The molecule has 0 aliphatic heterocycles. The van der Waals surface area contributed by atoms with Crippen LogP contribution < -0.4 is 5.32 Å². The van der Waals surface area contributed by atoms with Gasteiger partial charge in [0.15, 0.2) is 5.16 Å². The molecule has 5 nitrogen and oxygen atoms in total. The smallest absolute Gasteiger partial charge is 0.237 e. The van der Waals surface area contributed by atoms with E-state index in [1.54, 1.807) is 6.92 Å². The monoisotopic (exact) mass is 370 g/mol. The van der Waals surface area contributed by atoms with Gasteiger partial charge >= 0.3 is 0 Å². The number of thioether (sulfide) groups is 1. The van der Waals surface area contributed by atoms with Crippen molar-refractivity contribution in [2.45, 2.75) is 23.8 Å². The zero-order valence-corrected chi connectivity index (χ0v) is 15.3. The zero-order valence-electron chi connectivity index (χ0n) is 14.5. The van der Waals surface area contributed by atoms with Gasteiger partial charge in [0.25, 0.3) is 0 Å². The molecule has 0 spiro atoms. The molecule has 3 aromatic rings. The summed E-state index contributed by atoms with van der Waals surface area (Å²) in [5.41, 5.74) is 1.72. The van der Waals surface area contributed by atoms with Gasteiger partial charge in [0.05, 0.1) is 5.25 Å². The lowest BCUT2D eigenvalue weighted by molar-refractivity contribution is -0.115. The first-order valence-corrected chi connectivity index (χ1v) is 9.06. The van der Waals surface area contributed by atoms with Gasteiger partial charge in [0, 0.05) is 19.2 Å². The normalized spacial score (nSPS) is 12.0. The van der Waals surface area contributed by atoms with E-state index in [1.807, 2.05) is 41.9 Å². The van der Waals surface area contributed by atoms with Crippen molar-refractivity contribution in [1.82, 2.24) is 14.8 Å². The molecule has 26 heavy (non-hydrogen) atoms. The van der Waals surface area contributed by atoms with E-state index in [9.17, 15) is 9.18 Å². The molecule has 0 saturated carbocycles. The van der Waals surface area contributed by atoms with Crippen molar-refractivity contribution in [3.8, 4) is 0 Å². The van der Waals surface area contributed by atoms with Crippen LogP contribution in [-0.2, 0) is 18.3 Å². The Morgan fingerprint density at radius 2 is 1.85 bits per heavy atom. The third kappa shape index (κ3) is 4.49. The Bertz CT molecular complexity index is 880. The van der Waals surface area contributed by atoms with Crippen LogP contribution in [0.25, 0.3) is 0 Å². The van der Waals surface area contributed by atoms with Crippen LogP contribution in [0, 0.1) is 5.82 Å². The molecule has 134 valence electrons. The molecule has 0 fully saturated rings. The van der Waals surface area contributed by atoms with Gasteiger partial charge in [0.1, 0.15) is 11.6 Å². The first kappa shape index (κ1) is 18.1. The number of hydrogen-bond donors (Lipinski definition) is 1. The van der Waals surface area contributed by atoms with Crippen molar-refractivity contribution in [2.24, 2.45) is 7.05 Å². The van der Waals surface area contributed by atoms with Gasteiger partial charge in [-0.25, -0.2) is 4.39 Å². The van der Waals surface area contributed by atoms with E-state index in [1.165, 1.54) is 36.0 Å². The van der Waals surface area contributed by atoms with Gasteiger partial charge < -0.3 is 9.88 Å². The zero-order chi connectivity index (χ0) is 18.5. The minimum absolute atomic E-state index is 0.172. The van der Waals surface area contributed by atoms with E-state index < -0.39 is 0 Å². The Hall–Kier alpha value is -2.67. The molecule has 0 unspecified atom stereocenters. The van der Waals surface area contributed by atoms with E-state index in [-0.39, 0.29) is 17.0 Å². The number of carbonyl (C=O) groups is 1. The van der Waals surface area contributed by atoms with E-state index in [0.29, 0.717) is 17.3 Å². The molecule has 7 heteroatoms. The molecule has 1 heterocycles. The number of hydrogen-bond acceptors (Lipinski definition) is 4. The molecule has 1 atom stereocenters. The van der Waals surface area contributed by atoms with Crippen molar-refractivity contribution in [2.75, 3.05) is 5.32 Å². The number of rotatable bonds is 6. The Morgan fingerprint density at radius 1 is 1.15 bits per heavy atom. The average Bonchev–Trinajstić information content (AvgIpc) is 2.98. The van der Waals surface area contributed by atoms with Crippen molar-refractivity contribution in [3.63, 3.8) is 0 Å². The predicted molar refractivity (Wildman–Crippen MR) is 101 cm³/mol. The Kier molecular flexibility index (Phi) is 5.68. The van der Waals surface area contributed by atoms with Gasteiger partial charge in [-0.1, -0.05) is 42.1 Å². The lowest BCUT2D eigenvalue weighted by Gasteiger charge is -2.11. The molecular weight excluding hydrogens is 351 g/mol. The predicted octanol–water partition coefficient (Wildman–Crippen LogP) is 3.66. The summed E-state index contributed by atoms with van der Waals surface area (Å²) in [5, 5.41) is 11.5. The van der Waals surface area contributed by atoms with Crippen LogP contribution in [0.3, 0.4) is 0 Å². The SMILES string of the molecule is C[C@@H](Sc1nnc(Cc2ccccc2)n1C)C(=O)Nc1ccc(F)cc1. The van der Waals surface area contributed by atoms with E-state index in [0.717, 1.165) is 11.4 Å². The van der Waals surface area contributed by atoms with Gasteiger partial charge in [-0.05, 0) is 36.8 Å². The molecule has 1 N–H and O–H groups in total. The largest absolute Gasteiger partial charge is 0.325 e. The van der Waals surface area contributed by atoms with Crippen LogP contribution >= 0.6 is 11.8 Å². The van der Waals surface area contributed by atoms with Crippen LogP contribution in [0.2, 0.25) is 0 Å². The second-order valence-corrected chi connectivity index (χ2v) is 7.18. The molecule has 0 radical (unpaired) electrons. The minimum Gasteiger partial charge on any atom is -0.325 e. The molecule has 0 aliphatic rings. The van der Waals surface area contributed by atoms with Crippen LogP contribution in [0.4, 0.5) is 10.1 Å².